The van der Waals surface area contributed by atoms with Gasteiger partial charge >= 0.3 is 6.18 Å². The van der Waals surface area contributed by atoms with Gasteiger partial charge < -0.3 is 10.1 Å². The monoisotopic (exact) mass is 526 g/mol. The van der Waals surface area contributed by atoms with Crippen molar-refractivity contribution < 1.29 is 35.8 Å². The molecule has 0 saturated carbocycles. The Morgan fingerprint density at radius 1 is 1.00 bits per heavy atom. The van der Waals surface area contributed by atoms with Crippen molar-refractivity contribution in [3.8, 4) is 16.9 Å². The molecule has 0 spiro atoms. The fraction of sp³-hybridized carbons (Fsp3) is 0.240. The van der Waals surface area contributed by atoms with Gasteiger partial charge in [0.25, 0.3) is 0 Å². The van der Waals surface area contributed by atoms with Gasteiger partial charge in [-0.05, 0) is 71.3 Å². The maximum absolute atomic E-state index is 13.3. The lowest BCUT2D eigenvalue weighted by Gasteiger charge is -2.43. The average Bonchev–Trinajstić information content (AvgIpc) is 2.86. The number of ether oxygens (including phenoxy) is 1. The van der Waals surface area contributed by atoms with E-state index in [0.29, 0.717) is 27.3 Å². The van der Waals surface area contributed by atoms with E-state index in [1.165, 1.54) is 62.0 Å². The number of nitrogens with one attached hydrogen (secondary N) is 1. The van der Waals surface area contributed by atoms with E-state index >= 15 is 0 Å². The Balaban J connectivity index is 1.71. The van der Waals surface area contributed by atoms with Crippen molar-refractivity contribution in [3.63, 3.8) is 0 Å². The van der Waals surface area contributed by atoms with E-state index in [4.69, 9.17) is 8.92 Å². The Labute approximate surface area is 208 Å². The minimum Gasteiger partial charge on any atom is -0.497 e. The molecule has 0 aliphatic carbocycles. The standard InChI is InChI=1S/C25H26F4N2O4S/c1-31(36(33,35-3)23-10-8-21(26)9-11-23)16-24(32)30-15-17-12-19(14-22(13-17)34-2)18-4-6-20(7-5-18)25(27,28)29/h4-14,33H,15-16H2,1-3H3,(H,30,32). The molecule has 11 heteroatoms. The van der Waals surface area contributed by atoms with Gasteiger partial charge in [0, 0.05) is 13.6 Å². The number of carbonyl (C=O) groups is 1. The van der Waals surface area contributed by atoms with Crippen LogP contribution in [0.3, 0.4) is 0 Å². The molecular weight excluding hydrogens is 500 g/mol. The predicted molar refractivity (Wildman–Crippen MR) is 130 cm³/mol. The van der Waals surface area contributed by atoms with Crippen molar-refractivity contribution in [2.75, 3.05) is 27.8 Å². The number of hydrogen-bond acceptors (Lipinski definition) is 5. The maximum atomic E-state index is 13.3. The third-order valence-corrected chi connectivity index (χ3v) is 7.70. The largest absolute Gasteiger partial charge is 0.497 e. The Morgan fingerprint density at radius 3 is 2.19 bits per heavy atom. The summed E-state index contributed by atoms with van der Waals surface area (Å²) in [6, 6.07) is 15.1. The molecule has 0 bridgehead atoms. The molecule has 194 valence electrons. The van der Waals surface area contributed by atoms with Gasteiger partial charge in [-0.3, -0.25) is 13.5 Å². The van der Waals surface area contributed by atoms with Gasteiger partial charge in [0.15, 0.2) is 0 Å². The summed E-state index contributed by atoms with van der Waals surface area (Å²) in [7, 11) is 1.28. The summed E-state index contributed by atoms with van der Waals surface area (Å²) < 4.78 is 74.8. The zero-order valence-electron chi connectivity index (χ0n) is 19.8. The van der Waals surface area contributed by atoms with Crippen molar-refractivity contribution in [1.82, 2.24) is 9.62 Å². The van der Waals surface area contributed by atoms with E-state index in [1.54, 1.807) is 18.2 Å². The second kappa shape index (κ2) is 11.3. The second-order valence-electron chi connectivity index (χ2n) is 7.82. The van der Waals surface area contributed by atoms with Gasteiger partial charge in [0.05, 0.1) is 31.2 Å². The number of nitrogens with zero attached hydrogens (tertiary/aromatic N) is 1. The van der Waals surface area contributed by atoms with Gasteiger partial charge in [0.1, 0.15) is 11.6 Å². The minimum atomic E-state index is -4.43. The molecule has 0 aliphatic heterocycles. The number of halogens is 4. The Morgan fingerprint density at radius 2 is 1.64 bits per heavy atom. The Hall–Kier alpha value is -3.12. The molecule has 0 fully saturated rings. The Kier molecular flexibility index (Phi) is 8.62. The Bertz CT molecular complexity index is 1190. The molecule has 1 amide bonds. The van der Waals surface area contributed by atoms with E-state index in [-0.39, 0.29) is 13.1 Å². The zero-order valence-corrected chi connectivity index (χ0v) is 20.6. The van der Waals surface area contributed by atoms with Gasteiger partial charge in [-0.15, -0.1) is 10.8 Å². The van der Waals surface area contributed by atoms with Crippen LogP contribution in [0.2, 0.25) is 0 Å². The number of methoxy groups -OCH3 is 1. The summed E-state index contributed by atoms with van der Waals surface area (Å²) in [5.74, 6) is -0.407. The van der Waals surface area contributed by atoms with Gasteiger partial charge in [-0.1, -0.05) is 12.1 Å². The van der Waals surface area contributed by atoms with Crippen LogP contribution in [0.5, 0.6) is 5.75 Å². The fourth-order valence-electron chi connectivity index (χ4n) is 3.46. The van der Waals surface area contributed by atoms with Gasteiger partial charge in [-0.25, -0.2) is 4.39 Å². The SMILES string of the molecule is COc1cc(CNC(=O)CN(C)S(O)(OC)c2ccc(F)cc2)cc(-c2ccc(C(F)(F)F)cc2)c1. The van der Waals surface area contributed by atoms with E-state index in [9.17, 15) is 26.9 Å². The highest BCUT2D eigenvalue weighted by atomic mass is 32.3. The van der Waals surface area contributed by atoms with Crippen LogP contribution in [-0.2, 0) is 21.7 Å². The molecule has 2 N–H and O–H groups in total. The van der Waals surface area contributed by atoms with Crippen molar-refractivity contribution in [3.05, 3.63) is 83.7 Å². The number of alkyl halides is 3. The highest BCUT2D eigenvalue weighted by molar-refractivity contribution is 8.23. The molecule has 1 atom stereocenters. The van der Waals surface area contributed by atoms with Gasteiger partial charge in [-0.2, -0.15) is 17.5 Å². The van der Waals surface area contributed by atoms with E-state index in [2.05, 4.69) is 5.32 Å². The van der Waals surface area contributed by atoms with E-state index < -0.39 is 34.2 Å². The summed E-state index contributed by atoms with van der Waals surface area (Å²) in [5.41, 5.74) is 1.10. The lowest BCUT2D eigenvalue weighted by molar-refractivity contribution is -0.137. The number of benzene rings is 3. The molecule has 6 nitrogen and oxygen atoms in total. The predicted octanol–water partition coefficient (Wildman–Crippen LogP) is 5.88. The first-order valence-electron chi connectivity index (χ1n) is 10.7. The van der Waals surface area contributed by atoms with Crippen molar-refractivity contribution >= 4 is 16.7 Å². The number of hydrogen-bond donors (Lipinski definition) is 2. The normalized spacial score (nSPS) is 14.2. The second-order valence-corrected chi connectivity index (χ2v) is 10.2. The summed E-state index contributed by atoms with van der Waals surface area (Å²) in [6.07, 6.45) is -4.43. The summed E-state index contributed by atoms with van der Waals surface area (Å²) in [6.45, 7) is -0.110. The number of carbonyl (C=O) groups excluding carboxylic acids is 1. The quantitative estimate of drug-likeness (QED) is 0.341. The first kappa shape index (κ1) is 27.5. The van der Waals surface area contributed by atoms with Crippen LogP contribution in [0.1, 0.15) is 11.1 Å². The molecule has 0 aliphatic rings. The van der Waals surface area contributed by atoms with Crippen molar-refractivity contribution in [2.45, 2.75) is 17.6 Å². The molecule has 3 aromatic carbocycles. The third-order valence-electron chi connectivity index (χ3n) is 5.38. The smallest absolute Gasteiger partial charge is 0.416 e. The van der Waals surface area contributed by atoms with E-state index in [1.807, 2.05) is 0 Å². The van der Waals surface area contributed by atoms with Crippen LogP contribution in [0.25, 0.3) is 11.1 Å². The van der Waals surface area contributed by atoms with Crippen LogP contribution >= 0.6 is 10.8 Å². The zero-order chi connectivity index (χ0) is 26.5. The topological polar surface area (TPSA) is 71.0 Å². The molecule has 0 saturated heterocycles. The molecule has 0 radical (unpaired) electrons. The van der Waals surface area contributed by atoms with Crippen LogP contribution in [0.15, 0.2) is 71.6 Å². The first-order valence-corrected chi connectivity index (χ1v) is 12.1. The highest BCUT2D eigenvalue weighted by Crippen LogP contribution is 2.54. The van der Waals surface area contributed by atoms with Crippen LogP contribution in [0, 0.1) is 5.82 Å². The third kappa shape index (κ3) is 6.55. The lowest BCUT2D eigenvalue weighted by atomic mass is 10.0. The van der Waals surface area contributed by atoms with Gasteiger partial charge in [0.2, 0.25) is 5.91 Å². The van der Waals surface area contributed by atoms with Crippen LogP contribution < -0.4 is 10.1 Å². The van der Waals surface area contributed by atoms with Crippen molar-refractivity contribution in [1.29, 1.82) is 0 Å². The molecular formula is C25H26F4N2O4S. The summed E-state index contributed by atoms with van der Waals surface area (Å²) in [4.78, 5) is 12.9. The first-order chi connectivity index (χ1) is 17.0. The number of amides is 1. The summed E-state index contributed by atoms with van der Waals surface area (Å²) >= 11 is 0. The molecule has 1 unspecified atom stereocenters. The molecule has 36 heavy (non-hydrogen) atoms. The molecule has 0 heterocycles. The minimum absolute atomic E-state index is 0.106. The summed E-state index contributed by atoms with van der Waals surface area (Å²) in [5, 5.41) is 2.75. The lowest BCUT2D eigenvalue weighted by Crippen LogP contribution is -2.36. The molecule has 3 aromatic rings. The van der Waals surface area contributed by atoms with Crippen molar-refractivity contribution in [2.24, 2.45) is 0 Å². The van der Waals surface area contributed by atoms with Crippen LogP contribution in [0.4, 0.5) is 17.6 Å². The fourth-order valence-corrected chi connectivity index (χ4v) is 5.05. The molecule has 0 aromatic heterocycles. The molecule has 3 rings (SSSR count). The number of likely N-dealkylation sites (N-methyl/N-ethyl adjacent to an activating group) is 1. The van der Waals surface area contributed by atoms with E-state index in [0.717, 1.165) is 12.1 Å². The average molecular weight is 527 g/mol. The number of rotatable bonds is 9. The van der Waals surface area contributed by atoms with Crippen LogP contribution in [-0.4, -0.2) is 42.6 Å². The maximum Gasteiger partial charge on any atom is 0.416 e. The highest BCUT2D eigenvalue weighted by Gasteiger charge is 2.30.